The van der Waals surface area contributed by atoms with Crippen LogP contribution in [0.1, 0.15) is 16.1 Å². The van der Waals surface area contributed by atoms with Gasteiger partial charge >= 0.3 is 5.97 Å². The summed E-state index contributed by atoms with van der Waals surface area (Å²) >= 11 is 5.73. The van der Waals surface area contributed by atoms with E-state index in [0.29, 0.717) is 16.3 Å². The van der Waals surface area contributed by atoms with Crippen molar-refractivity contribution in [1.82, 2.24) is 10.1 Å². The molecule has 2 aromatic carbocycles. The second-order valence-corrected chi connectivity index (χ2v) is 8.21. The maximum absolute atomic E-state index is 12.1. The van der Waals surface area contributed by atoms with Gasteiger partial charge < -0.3 is 9.15 Å². The number of hydrogen-bond acceptors (Lipinski definition) is 7. The Morgan fingerprint density at radius 2 is 1.77 bits per heavy atom. The molecule has 0 bridgehead atoms. The number of ether oxygens (including phenoxy) is 1. The average molecular weight is 462 g/mol. The minimum Gasteiger partial charge on any atom is -0.457 e. The number of hydrogen-bond donors (Lipinski definition) is 2. The number of sulfonamides is 1. The topological polar surface area (TPSA) is 127 Å². The van der Waals surface area contributed by atoms with Crippen LogP contribution in [0.2, 0.25) is 5.02 Å². The molecule has 0 atom stereocenters. The molecule has 0 unspecified atom stereocenters. The van der Waals surface area contributed by atoms with Crippen molar-refractivity contribution in [2.24, 2.45) is 5.10 Å². The first-order valence-corrected chi connectivity index (χ1v) is 10.6. The number of hydrazone groups is 1. The number of nitrogens with zero attached hydrogens (tertiary/aromatic N) is 1. The monoisotopic (exact) mass is 461 g/mol. The summed E-state index contributed by atoms with van der Waals surface area (Å²) in [7, 11) is -3.85. The molecule has 0 saturated carbocycles. The van der Waals surface area contributed by atoms with Crippen molar-refractivity contribution in [3.8, 4) is 5.75 Å². The lowest BCUT2D eigenvalue weighted by molar-refractivity contribution is -0.119. The zero-order valence-corrected chi connectivity index (χ0v) is 17.4. The predicted molar refractivity (Wildman–Crippen MR) is 112 cm³/mol. The van der Waals surface area contributed by atoms with Crippen LogP contribution in [0.5, 0.6) is 5.75 Å². The summed E-state index contributed by atoms with van der Waals surface area (Å²) in [5, 5.41) is 4.16. The zero-order chi connectivity index (χ0) is 22.3. The van der Waals surface area contributed by atoms with Gasteiger partial charge in [0.15, 0.2) is 0 Å². The Bertz CT molecular complexity index is 1170. The molecule has 3 aromatic rings. The van der Waals surface area contributed by atoms with Gasteiger partial charge in [0.2, 0.25) is 15.8 Å². The number of carbonyl (C=O) groups is 2. The van der Waals surface area contributed by atoms with Crippen LogP contribution in [0.3, 0.4) is 0 Å². The van der Waals surface area contributed by atoms with Gasteiger partial charge in [-0.15, -0.1) is 0 Å². The molecule has 0 radical (unpaired) electrons. The third-order valence-corrected chi connectivity index (χ3v) is 5.43. The van der Waals surface area contributed by atoms with Gasteiger partial charge in [0.1, 0.15) is 5.75 Å². The van der Waals surface area contributed by atoms with E-state index in [1.54, 1.807) is 30.3 Å². The molecule has 9 nitrogen and oxygen atoms in total. The van der Waals surface area contributed by atoms with E-state index in [2.05, 4.69) is 15.2 Å². The molecule has 160 valence electrons. The van der Waals surface area contributed by atoms with Crippen molar-refractivity contribution in [3.63, 3.8) is 0 Å². The van der Waals surface area contributed by atoms with Crippen LogP contribution in [0, 0.1) is 0 Å². The summed E-state index contributed by atoms with van der Waals surface area (Å²) in [6.07, 6.45) is 2.72. The van der Waals surface area contributed by atoms with Crippen molar-refractivity contribution in [2.75, 3.05) is 6.54 Å². The van der Waals surface area contributed by atoms with Gasteiger partial charge in [0, 0.05) is 5.02 Å². The normalized spacial score (nSPS) is 11.4. The van der Waals surface area contributed by atoms with Gasteiger partial charge in [-0.05, 0) is 66.2 Å². The van der Waals surface area contributed by atoms with Crippen LogP contribution in [-0.2, 0) is 14.8 Å². The minimum atomic E-state index is -3.85. The van der Waals surface area contributed by atoms with Crippen molar-refractivity contribution in [3.05, 3.63) is 83.3 Å². The van der Waals surface area contributed by atoms with Crippen molar-refractivity contribution >= 4 is 39.7 Å². The summed E-state index contributed by atoms with van der Waals surface area (Å²) in [6.45, 7) is -0.496. The number of benzene rings is 2. The number of halogens is 1. The van der Waals surface area contributed by atoms with Gasteiger partial charge in [-0.25, -0.2) is 23.4 Å². The van der Waals surface area contributed by atoms with Crippen molar-refractivity contribution in [2.45, 2.75) is 4.90 Å². The Kier molecular flexibility index (Phi) is 7.19. The highest BCUT2D eigenvalue weighted by Crippen LogP contribution is 2.14. The second kappa shape index (κ2) is 10.0. The smallest absolute Gasteiger partial charge is 0.379 e. The third-order valence-electron chi connectivity index (χ3n) is 3.76. The molecule has 0 spiro atoms. The SMILES string of the molecule is O=C(CNS(=O)(=O)c1ccc(Cl)cc1)NN=Cc1ccc(OC(=O)c2ccco2)cc1. The second-order valence-electron chi connectivity index (χ2n) is 6.01. The lowest BCUT2D eigenvalue weighted by Gasteiger charge is -2.06. The lowest BCUT2D eigenvalue weighted by atomic mass is 10.2. The van der Waals surface area contributed by atoms with E-state index in [1.807, 2.05) is 0 Å². The van der Waals surface area contributed by atoms with Crippen LogP contribution >= 0.6 is 11.6 Å². The minimum absolute atomic E-state index is 0.0129. The number of nitrogens with one attached hydrogen (secondary N) is 2. The van der Waals surface area contributed by atoms with Gasteiger partial charge in [-0.1, -0.05) is 11.6 Å². The highest BCUT2D eigenvalue weighted by atomic mass is 35.5. The molecule has 11 heteroatoms. The van der Waals surface area contributed by atoms with E-state index in [9.17, 15) is 18.0 Å². The molecular formula is C20H16ClN3O6S. The van der Waals surface area contributed by atoms with E-state index in [1.165, 1.54) is 42.8 Å². The fraction of sp³-hybridized carbons (Fsp3) is 0.0500. The Balaban J connectivity index is 1.47. The molecule has 1 heterocycles. The number of carbonyl (C=O) groups excluding carboxylic acids is 2. The summed E-state index contributed by atoms with van der Waals surface area (Å²) in [5.41, 5.74) is 2.83. The number of amides is 1. The molecule has 3 rings (SSSR count). The molecule has 0 aliphatic rings. The van der Waals surface area contributed by atoms with Crippen LogP contribution in [0.15, 0.2) is 81.3 Å². The van der Waals surface area contributed by atoms with Crippen LogP contribution in [-0.4, -0.2) is 33.1 Å². The highest BCUT2D eigenvalue weighted by Gasteiger charge is 2.15. The van der Waals surface area contributed by atoms with E-state index in [4.69, 9.17) is 20.8 Å². The zero-order valence-electron chi connectivity index (χ0n) is 15.8. The maximum Gasteiger partial charge on any atom is 0.379 e. The number of furan rings is 1. The van der Waals surface area contributed by atoms with Crippen molar-refractivity contribution in [1.29, 1.82) is 0 Å². The average Bonchev–Trinajstić information content (AvgIpc) is 3.29. The number of esters is 1. The molecule has 2 N–H and O–H groups in total. The van der Waals surface area contributed by atoms with Gasteiger partial charge in [-0.2, -0.15) is 5.10 Å². The third kappa shape index (κ3) is 6.51. The van der Waals surface area contributed by atoms with E-state index >= 15 is 0 Å². The molecule has 0 aliphatic heterocycles. The lowest BCUT2D eigenvalue weighted by Crippen LogP contribution is -2.34. The molecule has 0 aliphatic carbocycles. The fourth-order valence-electron chi connectivity index (χ4n) is 2.25. The van der Waals surface area contributed by atoms with Crippen LogP contribution in [0.25, 0.3) is 0 Å². The summed E-state index contributed by atoms with van der Waals surface area (Å²) < 4.78 is 36.5. The first-order chi connectivity index (χ1) is 14.8. The van der Waals surface area contributed by atoms with Gasteiger partial charge in [0.25, 0.3) is 5.91 Å². The molecule has 31 heavy (non-hydrogen) atoms. The predicted octanol–water partition coefficient (Wildman–Crippen LogP) is 2.58. The summed E-state index contributed by atoms with van der Waals surface area (Å²) in [6, 6.07) is 14.9. The Hall–Kier alpha value is -3.47. The van der Waals surface area contributed by atoms with Crippen LogP contribution < -0.4 is 14.9 Å². The summed E-state index contributed by atoms with van der Waals surface area (Å²) in [4.78, 5) is 23.6. The number of rotatable bonds is 8. The Labute approximate surface area is 182 Å². The van der Waals surface area contributed by atoms with E-state index < -0.39 is 28.4 Å². The molecular weight excluding hydrogens is 446 g/mol. The van der Waals surface area contributed by atoms with Crippen LogP contribution in [0.4, 0.5) is 0 Å². The molecule has 1 aromatic heterocycles. The highest BCUT2D eigenvalue weighted by molar-refractivity contribution is 7.89. The first-order valence-electron chi connectivity index (χ1n) is 8.76. The van der Waals surface area contributed by atoms with Crippen molar-refractivity contribution < 1.29 is 27.2 Å². The summed E-state index contributed by atoms with van der Waals surface area (Å²) in [5.74, 6) is -0.892. The fourth-order valence-corrected chi connectivity index (χ4v) is 3.36. The Morgan fingerprint density at radius 1 is 1.06 bits per heavy atom. The molecule has 1 amide bonds. The standard InChI is InChI=1S/C20H16ClN3O6S/c21-15-5-9-17(10-6-15)31(27,28)23-13-19(25)24-22-12-14-3-7-16(8-4-14)30-20(26)18-2-1-11-29-18/h1-12,23H,13H2,(H,24,25). The molecule has 0 saturated heterocycles. The largest absolute Gasteiger partial charge is 0.457 e. The van der Waals surface area contributed by atoms with E-state index in [0.717, 1.165) is 0 Å². The van der Waals surface area contributed by atoms with Gasteiger partial charge in [0.05, 0.1) is 23.9 Å². The van der Waals surface area contributed by atoms with Gasteiger partial charge in [-0.3, -0.25) is 4.79 Å². The Morgan fingerprint density at radius 3 is 2.42 bits per heavy atom. The first kappa shape index (κ1) is 22.2. The maximum atomic E-state index is 12.1. The van der Waals surface area contributed by atoms with E-state index in [-0.39, 0.29) is 10.7 Å². The quantitative estimate of drug-likeness (QED) is 0.230. The molecule has 0 fully saturated rings.